The average Bonchev–Trinajstić information content (AvgIpc) is 2.10. The second kappa shape index (κ2) is 4.54. The minimum absolute atomic E-state index is 0.00489. The summed E-state index contributed by atoms with van der Waals surface area (Å²) in [5.41, 5.74) is -0.207. The fourth-order valence-electron chi connectivity index (χ4n) is 0.880. The SMILES string of the molecule is N#CCc1cc(Cl)c(C(F)F)nc1Cl. The summed E-state index contributed by atoms with van der Waals surface area (Å²) in [6, 6.07) is 3.07. The topological polar surface area (TPSA) is 36.7 Å². The molecule has 1 rings (SSSR count). The molecule has 0 atom stereocenters. The first-order valence-electron chi connectivity index (χ1n) is 3.56. The lowest BCUT2D eigenvalue weighted by Gasteiger charge is -2.05. The molecule has 0 radical (unpaired) electrons. The summed E-state index contributed by atoms with van der Waals surface area (Å²) in [6.07, 6.45) is -2.77. The number of alkyl halides is 2. The molecule has 0 unspecified atom stereocenters. The van der Waals surface area contributed by atoms with Crippen LogP contribution in [0.15, 0.2) is 6.07 Å². The molecule has 6 heteroatoms. The van der Waals surface area contributed by atoms with Crippen LogP contribution in [0.2, 0.25) is 10.2 Å². The van der Waals surface area contributed by atoms with Crippen molar-refractivity contribution in [3.8, 4) is 6.07 Å². The van der Waals surface area contributed by atoms with Crippen LogP contribution in [0.25, 0.3) is 0 Å². The van der Waals surface area contributed by atoms with Crippen molar-refractivity contribution in [1.29, 1.82) is 5.26 Å². The van der Waals surface area contributed by atoms with Crippen LogP contribution in [0.3, 0.4) is 0 Å². The molecule has 0 aliphatic carbocycles. The molecule has 0 saturated heterocycles. The van der Waals surface area contributed by atoms with E-state index in [2.05, 4.69) is 4.98 Å². The van der Waals surface area contributed by atoms with Gasteiger partial charge in [0.1, 0.15) is 10.8 Å². The Balaban J connectivity index is 3.18. The van der Waals surface area contributed by atoms with Crippen molar-refractivity contribution < 1.29 is 8.78 Å². The van der Waals surface area contributed by atoms with Gasteiger partial charge in [0.15, 0.2) is 0 Å². The van der Waals surface area contributed by atoms with Gasteiger partial charge in [-0.1, -0.05) is 23.2 Å². The normalized spacial score (nSPS) is 10.3. The third-order valence-corrected chi connectivity index (χ3v) is 2.14. The Morgan fingerprint density at radius 1 is 1.50 bits per heavy atom. The molecular weight excluding hydrogens is 233 g/mol. The standard InChI is InChI=1S/C8H4Cl2F2N2/c9-5-3-4(1-2-13)7(10)14-6(5)8(11)12/h3,8H,1H2. The lowest BCUT2D eigenvalue weighted by molar-refractivity contribution is 0.146. The van der Waals surface area contributed by atoms with E-state index in [-0.39, 0.29) is 16.6 Å². The number of rotatable bonds is 2. The van der Waals surface area contributed by atoms with E-state index in [4.69, 9.17) is 28.5 Å². The summed E-state index contributed by atoms with van der Waals surface area (Å²) >= 11 is 11.1. The highest BCUT2D eigenvalue weighted by Crippen LogP contribution is 2.28. The van der Waals surface area contributed by atoms with Crippen molar-refractivity contribution in [1.82, 2.24) is 4.98 Å². The number of hydrogen-bond acceptors (Lipinski definition) is 2. The third kappa shape index (κ3) is 2.31. The summed E-state index contributed by atoms with van der Waals surface area (Å²) in [6.45, 7) is 0. The first-order chi connectivity index (χ1) is 6.56. The minimum atomic E-state index is -2.77. The molecule has 0 aromatic carbocycles. The molecule has 0 amide bonds. The summed E-state index contributed by atoms with van der Waals surface area (Å²) in [5.74, 6) is 0. The Labute approximate surface area is 89.1 Å². The van der Waals surface area contributed by atoms with E-state index in [1.807, 2.05) is 6.07 Å². The van der Waals surface area contributed by atoms with Crippen molar-refractivity contribution in [3.63, 3.8) is 0 Å². The van der Waals surface area contributed by atoms with Crippen molar-refractivity contribution >= 4 is 23.2 Å². The van der Waals surface area contributed by atoms with Gasteiger partial charge in [0.2, 0.25) is 0 Å². The van der Waals surface area contributed by atoms with Gasteiger partial charge in [0.05, 0.1) is 17.5 Å². The predicted octanol–water partition coefficient (Wildman–Crippen LogP) is 3.39. The Bertz CT molecular complexity index is 388. The molecule has 1 aromatic heterocycles. The predicted molar refractivity (Wildman–Crippen MR) is 48.5 cm³/mol. The van der Waals surface area contributed by atoms with Gasteiger partial charge < -0.3 is 0 Å². The van der Waals surface area contributed by atoms with Crippen molar-refractivity contribution in [3.05, 3.63) is 27.5 Å². The van der Waals surface area contributed by atoms with Crippen molar-refractivity contribution in [2.75, 3.05) is 0 Å². The van der Waals surface area contributed by atoms with Crippen LogP contribution in [0.4, 0.5) is 8.78 Å². The average molecular weight is 237 g/mol. The molecule has 0 aliphatic heterocycles. The third-order valence-electron chi connectivity index (χ3n) is 1.51. The molecule has 2 nitrogen and oxygen atoms in total. The molecular formula is C8H4Cl2F2N2. The molecule has 1 aromatic rings. The first kappa shape index (κ1) is 11.2. The van der Waals surface area contributed by atoms with E-state index in [0.29, 0.717) is 5.56 Å². The van der Waals surface area contributed by atoms with Crippen LogP contribution in [0.1, 0.15) is 17.7 Å². The number of hydrogen-bond donors (Lipinski definition) is 0. The molecule has 0 fully saturated rings. The Hall–Kier alpha value is -0.920. The van der Waals surface area contributed by atoms with Gasteiger partial charge in [-0.15, -0.1) is 0 Å². The minimum Gasteiger partial charge on any atom is -0.233 e. The molecule has 14 heavy (non-hydrogen) atoms. The van der Waals surface area contributed by atoms with Crippen LogP contribution in [0, 0.1) is 11.3 Å². The smallest absolute Gasteiger partial charge is 0.233 e. The molecule has 0 N–H and O–H groups in total. The van der Waals surface area contributed by atoms with Gasteiger partial charge >= 0.3 is 0 Å². The molecule has 0 spiro atoms. The molecule has 0 saturated carbocycles. The van der Waals surface area contributed by atoms with Gasteiger partial charge in [-0.25, -0.2) is 13.8 Å². The van der Waals surface area contributed by atoms with Crippen LogP contribution >= 0.6 is 23.2 Å². The van der Waals surface area contributed by atoms with Crippen LogP contribution < -0.4 is 0 Å². The van der Waals surface area contributed by atoms with Gasteiger partial charge in [-0.3, -0.25) is 0 Å². The van der Waals surface area contributed by atoms with Crippen molar-refractivity contribution in [2.24, 2.45) is 0 Å². The maximum atomic E-state index is 12.3. The summed E-state index contributed by atoms with van der Waals surface area (Å²) < 4.78 is 24.5. The summed E-state index contributed by atoms with van der Waals surface area (Å²) in [5, 5.41) is 8.11. The number of pyridine rings is 1. The van der Waals surface area contributed by atoms with E-state index in [0.717, 1.165) is 0 Å². The number of halogens is 4. The zero-order valence-electron chi connectivity index (χ0n) is 6.77. The zero-order valence-corrected chi connectivity index (χ0v) is 8.28. The van der Waals surface area contributed by atoms with Crippen LogP contribution in [-0.4, -0.2) is 4.98 Å². The lowest BCUT2D eigenvalue weighted by atomic mass is 10.2. The maximum absolute atomic E-state index is 12.3. The van der Waals surface area contributed by atoms with E-state index in [1.54, 1.807) is 0 Å². The lowest BCUT2D eigenvalue weighted by Crippen LogP contribution is -1.96. The molecule has 1 heterocycles. The fourth-order valence-corrected chi connectivity index (χ4v) is 1.35. The molecule has 0 aliphatic rings. The quantitative estimate of drug-likeness (QED) is 0.739. The number of nitriles is 1. The fraction of sp³-hybridized carbons (Fsp3) is 0.250. The number of aromatic nitrogens is 1. The highest BCUT2D eigenvalue weighted by Gasteiger charge is 2.16. The van der Waals surface area contributed by atoms with Crippen LogP contribution in [-0.2, 0) is 6.42 Å². The van der Waals surface area contributed by atoms with Crippen molar-refractivity contribution in [2.45, 2.75) is 12.8 Å². The van der Waals surface area contributed by atoms with E-state index < -0.39 is 12.1 Å². The molecule has 0 bridgehead atoms. The number of nitrogens with zero attached hydrogens (tertiary/aromatic N) is 2. The highest BCUT2D eigenvalue weighted by atomic mass is 35.5. The Morgan fingerprint density at radius 3 is 2.64 bits per heavy atom. The van der Waals surface area contributed by atoms with E-state index >= 15 is 0 Å². The second-order valence-corrected chi connectivity index (χ2v) is 3.21. The first-order valence-corrected chi connectivity index (χ1v) is 4.31. The van der Waals surface area contributed by atoms with Gasteiger partial charge in [0.25, 0.3) is 6.43 Å². The van der Waals surface area contributed by atoms with E-state index in [9.17, 15) is 8.78 Å². The highest BCUT2D eigenvalue weighted by molar-refractivity contribution is 6.33. The monoisotopic (exact) mass is 236 g/mol. The van der Waals surface area contributed by atoms with Crippen LogP contribution in [0.5, 0.6) is 0 Å². The molecule has 74 valence electrons. The van der Waals surface area contributed by atoms with Gasteiger partial charge in [-0.2, -0.15) is 5.26 Å². The van der Waals surface area contributed by atoms with Gasteiger partial charge in [-0.05, 0) is 6.07 Å². The Kier molecular flexibility index (Phi) is 3.62. The zero-order chi connectivity index (χ0) is 10.7. The maximum Gasteiger partial charge on any atom is 0.281 e. The van der Waals surface area contributed by atoms with E-state index in [1.165, 1.54) is 6.07 Å². The largest absolute Gasteiger partial charge is 0.281 e. The van der Waals surface area contributed by atoms with Gasteiger partial charge in [0, 0.05) is 5.56 Å². The Morgan fingerprint density at radius 2 is 2.14 bits per heavy atom. The summed E-state index contributed by atoms with van der Waals surface area (Å²) in [4.78, 5) is 3.42. The second-order valence-electron chi connectivity index (χ2n) is 2.44. The summed E-state index contributed by atoms with van der Waals surface area (Å²) in [7, 11) is 0.